The highest BCUT2D eigenvalue weighted by Gasteiger charge is 2.20. The molecular formula is C11H23N3. The van der Waals surface area contributed by atoms with Crippen LogP contribution in [0.5, 0.6) is 0 Å². The van der Waals surface area contributed by atoms with E-state index in [4.69, 9.17) is 5.41 Å². The smallest absolute Gasteiger partial charge is 0.0955 e. The highest BCUT2D eigenvalue weighted by Crippen LogP contribution is 2.09. The summed E-state index contributed by atoms with van der Waals surface area (Å²) in [6, 6.07) is 0.702. The molecule has 0 saturated carbocycles. The standard InChI is InChI=1S/C11H23N3/c1-4-10(3)13-6-8-14(9-7-13)11(12)5-2/h10,12H,4-9H2,1-3H3. The van der Waals surface area contributed by atoms with Crippen LogP contribution in [0.2, 0.25) is 0 Å². The number of amidine groups is 1. The van der Waals surface area contributed by atoms with Gasteiger partial charge in [-0.1, -0.05) is 13.8 Å². The molecule has 0 amide bonds. The Morgan fingerprint density at radius 3 is 2.21 bits per heavy atom. The quantitative estimate of drug-likeness (QED) is 0.552. The monoisotopic (exact) mass is 197 g/mol. The third-order valence-corrected chi connectivity index (χ3v) is 3.25. The minimum absolute atomic E-state index is 0.702. The fraction of sp³-hybridized carbons (Fsp3) is 0.909. The average molecular weight is 197 g/mol. The summed E-state index contributed by atoms with van der Waals surface area (Å²) in [4.78, 5) is 4.73. The van der Waals surface area contributed by atoms with Crippen LogP contribution >= 0.6 is 0 Å². The number of rotatable bonds is 3. The normalized spacial score (nSPS) is 20.9. The Morgan fingerprint density at radius 2 is 1.79 bits per heavy atom. The van der Waals surface area contributed by atoms with Crippen LogP contribution in [0.3, 0.4) is 0 Å². The fourth-order valence-corrected chi connectivity index (χ4v) is 1.91. The van der Waals surface area contributed by atoms with Gasteiger partial charge >= 0.3 is 0 Å². The van der Waals surface area contributed by atoms with E-state index in [2.05, 4.69) is 30.6 Å². The van der Waals surface area contributed by atoms with Crippen LogP contribution in [-0.4, -0.2) is 47.9 Å². The van der Waals surface area contributed by atoms with Gasteiger partial charge in [0.2, 0.25) is 0 Å². The van der Waals surface area contributed by atoms with Gasteiger partial charge < -0.3 is 4.90 Å². The molecule has 0 aromatic heterocycles. The third kappa shape index (κ3) is 2.71. The molecule has 1 aliphatic rings. The lowest BCUT2D eigenvalue weighted by Gasteiger charge is -2.38. The lowest BCUT2D eigenvalue weighted by molar-refractivity contribution is 0.136. The summed E-state index contributed by atoms with van der Waals surface area (Å²) in [7, 11) is 0. The van der Waals surface area contributed by atoms with Gasteiger partial charge in [0, 0.05) is 38.6 Å². The molecule has 1 N–H and O–H groups in total. The number of nitrogens with one attached hydrogen (secondary N) is 1. The topological polar surface area (TPSA) is 30.3 Å². The van der Waals surface area contributed by atoms with Crippen molar-refractivity contribution < 1.29 is 0 Å². The van der Waals surface area contributed by atoms with E-state index in [9.17, 15) is 0 Å². The highest BCUT2D eigenvalue weighted by molar-refractivity contribution is 5.78. The maximum Gasteiger partial charge on any atom is 0.0955 e. The van der Waals surface area contributed by atoms with E-state index in [-0.39, 0.29) is 0 Å². The van der Waals surface area contributed by atoms with Crippen LogP contribution in [0.1, 0.15) is 33.6 Å². The Hall–Kier alpha value is -0.570. The van der Waals surface area contributed by atoms with Crippen LogP contribution in [0, 0.1) is 5.41 Å². The van der Waals surface area contributed by atoms with Gasteiger partial charge in [-0.05, 0) is 13.3 Å². The molecule has 0 aromatic rings. The lowest BCUT2D eigenvalue weighted by Crippen LogP contribution is -2.50. The molecular weight excluding hydrogens is 174 g/mol. The predicted molar refractivity (Wildman–Crippen MR) is 60.9 cm³/mol. The first-order chi connectivity index (χ1) is 6.69. The van der Waals surface area contributed by atoms with Gasteiger partial charge in [-0.2, -0.15) is 0 Å². The maximum atomic E-state index is 7.76. The van der Waals surface area contributed by atoms with Gasteiger partial charge in [0.1, 0.15) is 0 Å². The van der Waals surface area contributed by atoms with E-state index in [1.165, 1.54) is 6.42 Å². The summed E-state index contributed by atoms with van der Waals surface area (Å²) in [5.74, 6) is 0.800. The van der Waals surface area contributed by atoms with E-state index in [0.717, 1.165) is 38.4 Å². The molecule has 3 nitrogen and oxygen atoms in total. The Kier molecular flexibility index (Phi) is 4.39. The summed E-state index contributed by atoms with van der Waals surface area (Å²) in [5.41, 5.74) is 0. The molecule has 1 fully saturated rings. The lowest BCUT2D eigenvalue weighted by atomic mass is 10.2. The number of nitrogens with zero attached hydrogens (tertiary/aromatic N) is 2. The second-order valence-electron chi connectivity index (χ2n) is 4.08. The van der Waals surface area contributed by atoms with Crippen molar-refractivity contribution in [2.45, 2.75) is 39.7 Å². The first-order valence-electron chi connectivity index (χ1n) is 5.75. The molecule has 1 saturated heterocycles. The number of hydrogen-bond acceptors (Lipinski definition) is 2. The molecule has 1 aliphatic heterocycles. The fourth-order valence-electron chi connectivity index (χ4n) is 1.91. The van der Waals surface area contributed by atoms with Crippen LogP contribution in [0.25, 0.3) is 0 Å². The van der Waals surface area contributed by atoms with Crippen molar-refractivity contribution >= 4 is 5.84 Å². The van der Waals surface area contributed by atoms with Crippen molar-refractivity contribution in [3.05, 3.63) is 0 Å². The highest BCUT2D eigenvalue weighted by atomic mass is 15.3. The van der Waals surface area contributed by atoms with Crippen LogP contribution in [-0.2, 0) is 0 Å². The minimum atomic E-state index is 0.702. The Morgan fingerprint density at radius 1 is 1.21 bits per heavy atom. The second-order valence-corrected chi connectivity index (χ2v) is 4.08. The molecule has 1 rings (SSSR count). The van der Waals surface area contributed by atoms with E-state index in [0.29, 0.717) is 6.04 Å². The molecule has 3 heteroatoms. The Labute approximate surface area is 87.6 Å². The molecule has 1 atom stereocenters. The van der Waals surface area contributed by atoms with Crippen molar-refractivity contribution in [2.75, 3.05) is 26.2 Å². The van der Waals surface area contributed by atoms with Gasteiger partial charge in [0.05, 0.1) is 5.84 Å². The van der Waals surface area contributed by atoms with Crippen molar-refractivity contribution in [2.24, 2.45) is 0 Å². The molecule has 0 aromatic carbocycles. The van der Waals surface area contributed by atoms with Gasteiger partial charge in [-0.3, -0.25) is 10.3 Å². The summed E-state index contributed by atoms with van der Waals surface area (Å²) in [6.07, 6.45) is 2.09. The van der Waals surface area contributed by atoms with Crippen LogP contribution < -0.4 is 0 Å². The van der Waals surface area contributed by atoms with Crippen molar-refractivity contribution in [3.8, 4) is 0 Å². The van der Waals surface area contributed by atoms with Crippen molar-refractivity contribution in [3.63, 3.8) is 0 Å². The zero-order valence-corrected chi connectivity index (χ0v) is 9.71. The molecule has 0 spiro atoms. The predicted octanol–water partition coefficient (Wildman–Crippen LogP) is 1.79. The van der Waals surface area contributed by atoms with E-state index in [1.54, 1.807) is 0 Å². The Balaban J connectivity index is 2.34. The van der Waals surface area contributed by atoms with Crippen LogP contribution in [0.4, 0.5) is 0 Å². The van der Waals surface area contributed by atoms with Crippen molar-refractivity contribution in [1.29, 1.82) is 5.41 Å². The van der Waals surface area contributed by atoms with Gasteiger partial charge in [-0.25, -0.2) is 0 Å². The molecule has 0 radical (unpaired) electrons. The average Bonchev–Trinajstić information content (AvgIpc) is 2.27. The third-order valence-electron chi connectivity index (χ3n) is 3.25. The van der Waals surface area contributed by atoms with E-state index in [1.807, 2.05) is 0 Å². The molecule has 0 bridgehead atoms. The molecule has 1 unspecified atom stereocenters. The Bertz CT molecular complexity index is 183. The largest absolute Gasteiger partial charge is 0.358 e. The number of piperazine rings is 1. The second kappa shape index (κ2) is 5.35. The maximum absolute atomic E-state index is 7.76. The summed E-state index contributed by atoms with van der Waals surface area (Å²) >= 11 is 0. The zero-order chi connectivity index (χ0) is 10.6. The summed E-state index contributed by atoms with van der Waals surface area (Å²) in [6.45, 7) is 10.9. The van der Waals surface area contributed by atoms with Crippen LogP contribution in [0.15, 0.2) is 0 Å². The van der Waals surface area contributed by atoms with Crippen molar-refractivity contribution in [1.82, 2.24) is 9.80 Å². The van der Waals surface area contributed by atoms with Gasteiger partial charge in [-0.15, -0.1) is 0 Å². The van der Waals surface area contributed by atoms with Gasteiger partial charge in [0.25, 0.3) is 0 Å². The number of hydrogen-bond donors (Lipinski definition) is 1. The molecule has 82 valence electrons. The minimum Gasteiger partial charge on any atom is -0.358 e. The SMILES string of the molecule is CCC(=N)N1CCN(C(C)CC)CC1. The molecule has 1 heterocycles. The summed E-state index contributed by atoms with van der Waals surface area (Å²) in [5, 5.41) is 7.76. The first kappa shape index (κ1) is 11.5. The molecule has 14 heavy (non-hydrogen) atoms. The first-order valence-corrected chi connectivity index (χ1v) is 5.75. The van der Waals surface area contributed by atoms with E-state index < -0.39 is 0 Å². The molecule has 0 aliphatic carbocycles. The van der Waals surface area contributed by atoms with Gasteiger partial charge in [0.15, 0.2) is 0 Å². The summed E-state index contributed by atoms with van der Waals surface area (Å²) < 4.78 is 0. The zero-order valence-electron chi connectivity index (χ0n) is 9.71. The van der Waals surface area contributed by atoms with E-state index >= 15 is 0 Å².